The predicted molar refractivity (Wildman–Crippen MR) is 69.1 cm³/mol. The molecule has 1 amide bonds. The molecule has 2 aromatic rings. The van der Waals surface area contributed by atoms with E-state index in [4.69, 9.17) is 5.73 Å². The average Bonchev–Trinajstić information content (AvgIpc) is 2.88. The van der Waals surface area contributed by atoms with Crippen molar-refractivity contribution >= 4 is 5.91 Å². The Labute approximate surface area is 111 Å². The van der Waals surface area contributed by atoms with Crippen LogP contribution in [0.1, 0.15) is 16.2 Å². The monoisotopic (exact) mass is 260 g/mol. The highest BCUT2D eigenvalue weighted by molar-refractivity contribution is 5.91. The molecule has 0 aromatic carbocycles. The molecule has 0 aliphatic heterocycles. The Morgan fingerprint density at radius 1 is 1.47 bits per heavy atom. The smallest absolute Gasteiger partial charge is 0.276 e. The van der Waals surface area contributed by atoms with Crippen LogP contribution < -0.4 is 5.73 Å². The molecule has 2 N–H and O–H groups in total. The minimum absolute atomic E-state index is 0.186. The molecule has 0 fully saturated rings. The lowest BCUT2D eigenvalue weighted by atomic mass is 10.3. The van der Waals surface area contributed by atoms with Crippen LogP contribution in [0.25, 0.3) is 0 Å². The summed E-state index contributed by atoms with van der Waals surface area (Å²) in [6.45, 7) is 1.44. The molecule has 0 radical (unpaired) electrons. The molecule has 0 unspecified atom stereocenters. The topological polar surface area (TPSA) is 89.9 Å². The van der Waals surface area contributed by atoms with Crippen LogP contribution in [0, 0.1) is 0 Å². The van der Waals surface area contributed by atoms with Gasteiger partial charge in [0.1, 0.15) is 0 Å². The summed E-state index contributed by atoms with van der Waals surface area (Å²) in [5, 5.41) is 7.68. The van der Waals surface area contributed by atoms with Crippen molar-refractivity contribution < 1.29 is 4.79 Å². The van der Waals surface area contributed by atoms with Crippen molar-refractivity contribution in [3.63, 3.8) is 0 Å². The lowest BCUT2D eigenvalue weighted by Gasteiger charge is -2.14. The van der Waals surface area contributed by atoms with Crippen molar-refractivity contribution in [2.24, 2.45) is 5.73 Å². The minimum Gasteiger partial charge on any atom is -0.334 e. The largest absolute Gasteiger partial charge is 0.334 e. The van der Waals surface area contributed by atoms with Gasteiger partial charge in [-0.3, -0.25) is 14.5 Å². The van der Waals surface area contributed by atoms with E-state index in [9.17, 15) is 4.79 Å². The number of carbonyl (C=O) groups is 1. The number of nitrogens with zero attached hydrogens (tertiary/aromatic N) is 5. The summed E-state index contributed by atoms with van der Waals surface area (Å²) in [5.41, 5.74) is 6.55. The zero-order valence-corrected chi connectivity index (χ0v) is 10.7. The fourth-order valence-electron chi connectivity index (χ4n) is 1.64. The summed E-state index contributed by atoms with van der Waals surface area (Å²) < 4.78 is 1.56. The van der Waals surface area contributed by atoms with Crippen LogP contribution in [0.15, 0.2) is 30.6 Å². The minimum atomic E-state index is -0.186. The van der Waals surface area contributed by atoms with Crippen LogP contribution in [0.4, 0.5) is 0 Å². The molecule has 19 heavy (non-hydrogen) atoms. The summed E-state index contributed by atoms with van der Waals surface area (Å²) in [6.07, 6.45) is 3.30. The molecule has 0 aliphatic carbocycles. The Bertz CT molecular complexity index is 538. The summed E-state index contributed by atoms with van der Waals surface area (Å²) in [4.78, 5) is 17.9. The standard InChI is InChI=1S/C12H16N6O/c1-17(8-10-4-2-3-6-14-10)12(19)11-9-18(7-5-13)16-15-11/h2-4,6,9H,5,7-8,13H2,1H3. The number of rotatable bonds is 5. The molecular formula is C12H16N6O. The predicted octanol–water partition coefficient (Wildman–Crippen LogP) is -0.0960. The molecule has 0 atom stereocenters. The number of pyridine rings is 1. The van der Waals surface area contributed by atoms with Crippen LogP contribution in [-0.2, 0) is 13.1 Å². The van der Waals surface area contributed by atoms with Gasteiger partial charge in [0.2, 0.25) is 0 Å². The normalized spacial score (nSPS) is 10.4. The van der Waals surface area contributed by atoms with Crippen LogP contribution in [0.2, 0.25) is 0 Å². The van der Waals surface area contributed by atoms with E-state index < -0.39 is 0 Å². The second-order valence-corrected chi connectivity index (χ2v) is 4.14. The van der Waals surface area contributed by atoms with E-state index in [2.05, 4.69) is 15.3 Å². The highest BCUT2D eigenvalue weighted by atomic mass is 16.2. The molecule has 2 aromatic heterocycles. The van der Waals surface area contributed by atoms with Gasteiger partial charge in [-0.25, -0.2) is 0 Å². The molecule has 7 heteroatoms. The van der Waals surface area contributed by atoms with Crippen molar-refractivity contribution in [3.8, 4) is 0 Å². The SMILES string of the molecule is CN(Cc1ccccn1)C(=O)c1cn(CCN)nn1. The van der Waals surface area contributed by atoms with Gasteiger partial charge < -0.3 is 10.6 Å². The molecule has 0 spiro atoms. The lowest BCUT2D eigenvalue weighted by Crippen LogP contribution is -2.27. The van der Waals surface area contributed by atoms with Crippen molar-refractivity contribution in [1.29, 1.82) is 0 Å². The third-order valence-electron chi connectivity index (χ3n) is 2.59. The van der Waals surface area contributed by atoms with Gasteiger partial charge in [-0.2, -0.15) is 0 Å². The van der Waals surface area contributed by atoms with Gasteiger partial charge in [-0.05, 0) is 12.1 Å². The van der Waals surface area contributed by atoms with Gasteiger partial charge in [-0.1, -0.05) is 11.3 Å². The second kappa shape index (κ2) is 6.05. The van der Waals surface area contributed by atoms with Crippen LogP contribution in [0.5, 0.6) is 0 Å². The number of amides is 1. The van der Waals surface area contributed by atoms with E-state index in [-0.39, 0.29) is 5.91 Å². The first kappa shape index (κ1) is 13.2. The zero-order chi connectivity index (χ0) is 13.7. The first-order valence-electron chi connectivity index (χ1n) is 5.96. The Balaban J connectivity index is 2.02. The van der Waals surface area contributed by atoms with E-state index >= 15 is 0 Å². The average molecular weight is 260 g/mol. The van der Waals surface area contributed by atoms with Gasteiger partial charge in [0.15, 0.2) is 5.69 Å². The quantitative estimate of drug-likeness (QED) is 0.811. The maximum absolute atomic E-state index is 12.1. The number of nitrogens with two attached hydrogens (primary N) is 1. The van der Waals surface area contributed by atoms with E-state index in [1.54, 1.807) is 29.0 Å². The van der Waals surface area contributed by atoms with Crippen molar-refractivity contribution in [1.82, 2.24) is 24.9 Å². The Hall–Kier alpha value is -2.28. The summed E-state index contributed by atoms with van der Waals surface area (Å²) in [6, 6.07) is 5.59. The van der Waals surface area contributed by atoms with E-state index in [0.717, 1.165) is 5.69 Å². The summed E-state index contributed by atoms with van der Waals surface area (Å²) >= 11 is 0. The molecule has 2 heterocycles. The first-order chi connectivity index (χ1) is 9.20. The molecule has 7 nitrogen and oxygen atoms in total. The lowest BCUT2D eigenvalue weighted by molar-refractivity contribution is 0.0777. The molecule has 0 saturated carbocycles. The molecule has 2 rings (SSSR count). The molecule has 100 valence electrons. The zero-order valence-electron chi connectivity index (χ0n) is 10.7. The Morgan fingerprint density at radius 3 is 3.00 bits per heavy atom. The van der Waals surface area contributed by atoms with Crippen molar-refractivity contribution in [3.05, 3.63) is 42.0 Å². The number of aromatic nitrogens is 4. The number of carbonyl (C=O) groups excluding carboxylic acids is 1. The third kappa shape index (κ3) is 3.35. The fourth-order valence-corrected chi connectivity index (χ4v) is 1.64. The van der Waals surface area contributed by atoms with Crippen LogP contribution >= 0.6 is 0 Å². The number of hydrogen-bond acceptors (Lipinski definition) is 5. The van der Waals surface area contributed by atoms with E-state index in [1.165, 1.54) is 0 Å². The third-order valence-corrected chi connectivity index (χ3v) is 2.59. The summed E-state index contributed by atoms with van der Waals surface area (Å²) in [5.74, 6) is -0.186. The second-order valence-electron chi connectivity index (χ2n) is 4.14. The molecule has 0 saturated heterocycles. The van der Waals surface area contributed by atoms with Gasteiger partial charge >= 0.3 is 0 Å². The van der Waals surface area contributed by atoms with Crippen molar-refractivity contribution in [2.45, 2.75) is 13.1 Å². The van der Waals surface area contributed by atoms with Gasteiger partial charge in [0, 0.05) is 19.8 Å². The van der Waals surface area contributed by atoms with Gasteiger partial charge in [0.05, 0.1) is 25.0 Å². The van der Waals surface area contributed by atoms with Gasteiger partial charge in [-0.15, -0.1) is 5.10 Å². The van der Waals surface area contributed by atoms with Gasteiger partial charge in [0.25, 0.3) is 5.91 Å². The first-order valence-corrected chi connectivity index (χ1v) is 5.96. The molecule has 0 bridgehead atoms. The Kier molecular flexibility index (Phi) is 4.19. The van der Waals surface area contributed by atoms with E-state index in [1.807, 2.05) is 18.2 Å². The van der Waals surface area contributed by atoms with Crippen LogP contribution in [0.3, 0.4) is 0 Å². The maximum Gasteiger partial charge on any atom is 0.276 e. The summed E-state index contributed by atoms with van der Waals surface area (Å²) in [7, 11) is 1.71. The highest BCUT2D eigenvalue weighted by Gasteiger charge is 2.16. The Morgan fingerprint density at radius 2 is 2.32 bits per heavy atom. The maximum atomic E-state index is 12.1. The van der Waals surface area contributed by atoms with Crippen molar-refractivity contribution in [2.75, 3.05) is 13.6 Å². The molecular weight excluding hydrogens is 244 g/mol. The van der Waals surface area contributed by atoms with E-state index in [0.29, 0.717) is 25.3 Å². The van der Waals surface area contributed by atoms with Crippen LogP contribution in [-0.4, -0.2) is 44.4 Å². The molecule has 0 aliphatic rings. The fraction of sp³-hybridized carbons (Fsp3) is 0.333. The number of hydrogen-bond donors (Lipinski definition) is 1. The highest BCUT2D eigenvalue weighted by Crippen LogP contribution is 2.04.